The van der Waals surface area contributed by atoms with E-state index in [0.29, 0.717) is 24.4 Å². The lowest BCUT2D eigenvalue weighted by atomic mass is 9.75. The zero-order valence-corrected chi connectivity index (χ0v) is 20.6. The van der Waals surface area contributed by atoms with E-state index in [2.05, 4.69) is 44.4 Å². The Bertz CT molecular complexity index is 1100. The van der Waals surface area contributed by atoms with E-state index in [1.165, 1.54) is 12.0 Å². The van der Waals surface area contributed by atoms with Crippen LogP contribution in [0.5, 0.6) is 5.75 Å². The third-order valence-electron chi connectivity index (χ3n) is 7.15. The van der Waals surface area contributed by atoms with Crippen molar-refractivity contribution in [3.8, 4) is 5.75 Å². The fourth-order valence-corrected chi connectivity index (χ4v) is 5.15. The number of imidazole rings is 1. The predicted octanol–water partition coefficient (Wildman–Crippen LogP) is 5.36. The number of hydrogen-bond donors (Lipinski definition) is 0. The maximum absolute atomic E-state index is 13.2. The van der Waals surface area contributed by atoms with Crippen LogP contribution in [0.1, 0.15) is 51.4 Å². The van der Waals surface area contributed by atoms with Gasteiger partial charge in [-0.05, 0) is 61.8 Å². The zero-order valence-electron chi connectivity index (χ0n) is 20.6. The van der Waals surface area contributed by atoms with Crippen LogP contribution in [0.2, 0.25) is 0 Å². The molecule has 1 aromatic heterocycles. The molecule has 0 unspecified atom stereocenters. The molecule has 4 rings (SSSR count). The molecule has 176 valence electrons. The maximum Gasteiger partial charge on any atom is 0.348 e. The van der Waals surface area contributed by atoms with Crippen LogP contribution in [0.3, 0.4) is 0 Å². The van der Waals surface area contributed by atoms with Gasteiger partial charge in [-0.1, -0.05) is 57.0 Å². The summed E-state index contributed by atoms with van der Waals surface area (Å²) < 4.78 is 16.4. The summed E-state index contributed by atoms with van der Waals surface area (Å²) in [5.74, 6) is 3.13. The molecule has 1 aliphatic rings. The summed E-state index contributed by atoms with van der Waals surface area (Å²) >= 11 is 0. The summed E-state index contributed by atoms with van der Waals surface area (Å²) in [6.45, 7) is 9.35. The highest BCUT2D eigenvalue weighted by atomic mass is 16.5. The first kappa shape index (κ1) is 23.3. The number of ether oxygens (including phenoxy) is 2. The number of para-hydroxylation sites is 2. The highest BCUT2D eigenvalue weighted by molar-refractivity contribution is 5.76. The molecule has 0 aliphatic heterocycles. The van der Waals surface area contributed by atoms with Gasteiger partial charge in [-0.2, -0.15) is 0 Å². The van der Waals surface area contributed by atoms with Gasteiger partial charge < -0.3 is 9.47 Å². The molecule has 1 fully saturated rings. The van der Waals surface area contributed by atoms with Crippen LogP contribution in [0.25, 0.3) is 11.0 Å². The Hall–Kier alpha value is -2.82. The second-order valence-electron chi connectivity index (χ2n) is 10.0. The van der Waals surface area contributed by atoms with Crippen molar-refractivity contribution in [1.29, 1.82) is 0 Å². The van der Waals surface area contributed by atoms with Crippen LogP contribution in [0.15, 0.2) is 48.5 Å². The Kier molecular flexibility index (Phi) is 7.06. The molecule has 3 aromatic rings. The Morgan fingerprint density at radius 2 is 1.85 bits per heavy atom. The van der Waals surface area contributed by atoms with Crippen molar-refractivity contribution in [2.24, 2.45) is 24.8 Å². The summed E-state index contributed by atoms with van der Waals surface area (Å²) in [6.07, 6.45) is 3.31. The highest BCUT2D eigenvalue weighted by Crippen LogP contribution is 2.35. The Labute approximate surface area is 197 Å². The van der Waals surface area contributed by atoms with Crippen molar-refractivity contribution in [1.82, 2.24) is 4.57 Å². The van der Waals surface area contributed by atoms with Gasteiger partial charge in [0, 0.05) is 0 Å². The maximum atomic E-state index is 13.2. The average Bonchev–Trinajstić information content (AvgIpc) is 3.04. The van der Waals surface area contributed by atoms with Crippen molar-refractivity contribution < 1.29 is 18.8 Å². The van der Waals surface area contributed by atoms with Crippen LogP contribution in [0.4, 0.5) is 0 Å². The lowest BCUT2D eigenvalue weighted by Crippen LogP contribution is -2.37. The van der Waals surface area contributed by atoms with Gasteiger partial charge in [0.1, 0.15) is 11.9 Å². The van der Waals surface area contributed by atoms with E-state index in [1.807, 2.05) is 48.0 Å². The molecule has 2 aromatic carbocycles. The number of hydrogen-bond acceptors (Lipinski definition) is 3. The van der Waals surface area contributed by atoms with Crippen molar-refractivity contribution in [2.45, 2.75) is 66.2 Å². The fraction of sp³-hybridized carbons (Fsp3) is 0.500. The van der Waals surface area contributed by atoms with E-state index in [-0.39, 0.29) is 18.6 Å². The van der Waals surface area contributed by atoms with Gasteiger partial charge >= 0.3 is 5.97 Å². The summed E-state index contributed by atoms with van der Waals surface area (Å²) in [5, 5.41) is 0. The third kappa shape index (κ3) is 5.23. The number of fused-ring (bicyclic) bond motifs is 1. The monoisotopic (exact) mass is 449 g/mol. The van der Waals surface area contributed by atoms with Crippen LogP contribution in [-0.2, 0) is 29.7 Å². The molecule has 0 bridgehead atoms. The minimum atomic E-state index is -0.169. The molecule has 1 heterocycles. The van der Waals surface area contributed by atoms with Gasteiger partial charge in [0.25, 0.3) is 5.82 Å². The minimum absolute atomic E-state index is 0.00378. The molecule has 0 N–H and O–H groups in total. The number of benzene rings is 2. The fourth-order valence-electron chi connectivity index (χ4n) is 5.15. The number of carbonyl (C=O) groups is 1. The van der Waals surface area contributed by atoms with E-state index < -0.39 is 0 Å². The van der Waals surface area contributed by atoms with Gasteiger partial charge in [0.05, 0.1) is 7.05 Å². The molecular formula is C28H37N2O3+. The highest BCUT2D eigenvalue weighted by Gasteiger charge is 2.34. The van der Waals surface area contributed by atoms with Crippen LogP contribution < -0.4 is 9.30 Å². The zero-order chi connectivity index (χ0) is 23.5. The standard InChI is InChI=1S/C28H37N2O3/c1-19(2)23-15-12-21(4)16-26(23)33-28(31)17-30-25-9-7-6-8-24(25)29(5)27(30)18-32-22-13-10-20(3)11-14-22/h6-11,13-14,19,21,23,26H,12,15-18H2,1-5H3/q+1/t21-,23-,26+/m1/s1. The average molecular weight is 450 g/mol. The molecule has 0 saturated heterocycles. The first-order chi connectivity index (χ1) is 15.8. The SMILES string of the molecule is Cc1ccc(OCc2n(CC(=O)O[C@H]3C[C@H](C)CC[C@@H]3C(C)C)c3ccccc3[n+]2C)cc1. The number of rotatable bonds is 7. The molecule has 0 spiro atoms. The Morgan fingerprint density at radius 1 is 1.12 bits per heavy atom. The second-order valence-corrected chi connectivity index (χ2v) is 10.0. The quantitative estimate of drug-likeness (QED) is 0.360. The minimum Gasteiger partial charge on any atom is -0.481 e. The number of aromatic nitrogens is 2. The smallest absolute Gasteiger partial charge is 0.348 e. The summed E-state index contributed by atoms with van der Waals surface area (Å²) in [4.78, 5) is 13.2. The molecule has 5 heteroatoms. The Balaban J connectivity index is 1.56. The van der Waals surface area contributed by atoms with Crippen LogP contribution in [0, 0.1) is 24.7 Å². The Morgan fingerprint density at radius 3 is 2.58 bits per heavy atom. The predicted molar refractivity (Wildman–Crippen MR) is 130 cm³/mol. The van der Waals surface area contributed by atoms with Crippen molar-refractivity contribution in [2.75, 3.05) is 0 Å². The summed E-state index contributed by atoms with van der Waals surface area (Å²) in [6, 6.07) is 16.2. The van der Waals surface area contributed by atoms with Gasteiger partial charge in [0.15, 0.2) is 24.2 Å². The van der Waals surface area contributed by atoms with Crippen molar-refractivity contribution in [3.63, 3.8) is 0 Å². The first-order valence-electron chi connectivity index (χ1n) is 12.2. The number of esters is 1. The van der Waals surface area contributed by atoms with Crippen molar-refractivity contribution >= 4 is 17.0 Å². The van der Waals surface area contributed by atoms with E-state index in [0.717, 1.165) is 35.4 Å². The lowest BCUT2D eigenvalue weighted by Gasteiger charge is -2.36. The van der Waals surface area contributed by atoms with Gasteiger partial charge in [-0.25, -0.2) is 13.9 Å². The number of nitrogens with zero attached hydrogens (tertiary/aromatic N) is 2. The van der Waals surface area contributed by atoms with Gasteiger partial charge in [0.2, 0.25) is 0 Å². The van der Waals surface area contributed by atoms with E-state index in [1.54, 1.807) is 0 Å². The van der Waals surface area contributed by atoms with Gasteiger partial charge in [-0.3, -0.25) is 0 Å². The second kappa shape index (κ2) is 9.98. The molecular weight excluding hydrogens is 412 g/mol. The van der Waals surface area contributed by atoms with Crippen molar-refractivity contribution in [3.05, 3.63) is 59.9 Å². The molecule has 5 nitrogen and oxygen atoms in total. The first-order valence-corrected chi connectivity index (χ1v) is 12.2. The normalized spacial score (nSPS) is 20.8. The van der Waals surface area contributed by atoms with E-state index in [4.69, 9.17) is 9.47 Å². The topological polar surface area (TPSA) is 44.3 Å². The number of carbonyl (C=O) groups excluding carboxylic acids is 1. The van der Waals surface area contributed by atoms with E-state index in [9.17, 15) is 4.79 Å². The van der Waals surface area contributed by atoms with Crippen LogP contribution >= 0.6 is 0 Å². The number of aryl methyl sites for hydroxylation is 2. The molecule has 0 radical (unpaired) electrons. The van der Waals surface area contributed by atoms with Gasteiger partial charge in [-0.15, -0.1) is 0 Å². The molecule has 1 saturated carbocycles. The third-order valence-corrected chi connectivity index (χ3v) is 7.15. The summed E-state index contributed by atoms with van der Waals surface area (Å²) in [5.41, 5.74) is 3.28. The van der Waals surface area contributed by atoms with E-state index >= 15 is 0 Å². The lowest BCUT2D eigenvalue weighted by molar-refractivity contribution is -0.655. The van der Waals surface area contributed by atoms with Crippen LogP contribution in [-0.4, -0.2) is 16.6 Å². The summed E-state index contributed by atoms with van der Waals surface area (Å²) in [7, 11) is 2.02. The largest absolute Gasteiger partial charge is 0.481 e. The molecule has 0 amide bonds. The molecule has 33 heavy (non-hydrogen) atoms. The molecule has 3 atom stereocenters. The molecule has 1 aliphatic carbocycles.